The first kappa shape index (κ1) is 14.4. The van der Waals surface area contributed by atoms with Crippen molar-refractivity contribution >= 4 is 0 Å². The normalized spacial score (nSPS) is 22.1. The molecular formula is C12H21N3O4. The summed E-state index contributed by atoms with van der Waals surface area (Å²) in [7, 11) is 1.64. The fourth-order valence-corrected chi connectivity index (χ4v) is 2.13. The van der Waals surface area contributed by atoms with E-state index in [0.717, 1.165) is 0 Å². The molecule has 1 aliphatic heterocycles. The van der Waals surface area contributed by atoms with Crippen molar-refractivity contribution in [3.8, 4) is 0 Å². The Kier molecular flexibility index (Phi) is 4.19. The van der Waals surface area contributed by atoms with Crippen LogP contribution in [0.4, 0.5) is 0 Å². The first-order chi connectivity index (χ1) is 9.01. The summed E-state index contributed by atoms with van der Waals surface area (Å²) in [5, 5.41) is 13.9. The highest BCUT2D eigenvalue weighted by Gasteiger charge is 2.39. The van der Waals surface area contributed by atoms with Crippen molar-refractivity contribution in [2.75, 3.05) is 26.9 Å². The van der Waals surface area contributed by atoms with E-state index in [4.69, 9.17) is 19.7 Å². The minimum Gasteiger partial charge on any atom is -0.388 e. The second-order valence-electron chi connectivity index (χ2n) is 5.20. The molecule has 7 nitrogen and oxygen atoms in total. The molecule has 7 heteroatoms. The molecule has 108 valence electrons. The van der Waals surface area contributed by atoms with Crippen LogP contribution in [0.5, 0.6) is 0 Å². The minimum atomic E-state index is -1.04. The number of ether oxygens (including phenoxy) is 2. The lowest BCUT2D eigenvalue weighted by Crippen LogP contribution is -2.37. The molecule has 0 amide bonds. The van der Waals surface area contributed by atoms with Gasteiger partial charge in [-0.25, -0.2) is 0 Å². The van der Waals surface area contributed by atoms with Crippen molar-refractivity contribution in [2.24, 2.45) is 5.73 Å². The third-order valence-electron chi connectivity index (χ3n) is 3.54. The molecule has 0 aromatic carbocycles. The van der Waals surface area contributed by atoms with Gasteiger partial charge in [-0.3, -0.25) is 0 Å². The van der Waals surface area contributed by atoms with E-state index >= 15 is 0 Å². The largest absolute Gasteiger partial charge is 0.388 e. The second kappa shape index (κ2) is 5.54. The number of hydrogen-bond acceptors (Lipinski definition) is 7. The average molecular weight is 271 g/mol. The molecule has 1 atom stereocenters. The third kappa shape index (κ3) is 3.11. The molecule has 1 aromatic heterocycles. The maximum absolute atomic E-state index is 9.91. The summed E-state index contributed by atoms with van der Waals surface area (Å²) < 4.78 is 16.1. The van der Waals surface area contributed by atoms with Crippen LogP contribution in [0, 0.1) is 0 Å². The predicted molar refractivity (Wildman–Crippen MR) is 66.4 cm³/mol. The first-order valence-corrected chi connectivity index (χ1v) is 6.40. The van der Waals surface area contributed by atoms with E-state index < -0.39 is 11.2 Å². The number of nitrogens with zero attached hydrogens (tertiary/aromatic N) is 2. The van der Waals surface area contributed by atoms with Gasteiger partial charge >= 0.3 is 0 Å². The Morgan fingerprint density at radius 1 is 1.47 bits per heavy atom. The molecule has 3 N–H and O–H groups in total. The lowest BCUT2D eigenvalue weighted by atomic mass is 9.93. The highest BCUT2D eigenvalue weighted by atomic mass is 16.5. The van der Waals surface area contributed by atoms with E-state index in [1.165, 1.54) is 0 Å². The molecule has 0 aliphatic carbocycles. The zero-order valence-electron chi connectivity index (χ0n) is 11.4. The van der Waals surface area contributed by atoms with Crippen molar-refractivity contribution in [1.29, 1.82) is 0 Å². The van der Waals surface area contributed by atoms with Gasteiger partial charge < -0.3 is 24.8 Å². The van der Waals surface area contributed by atoms with Crippen LogP contribution in [0.2, 0.25) is 0 Å². The minimum absolute atomic E-state index is 0.133. The van der Waals surface area contributed by atoms with E-state index in [2.05, 4.69) is 10.1 Å². The van der Waals surface area contributed by atoms with Crippen molar-refractivity contribution in [1.82, 2.24) is 10.1 Å². The van der Waals surface area contributed by atoms with Crippen LogP contribution in [-0.2, 0) is 21.5 Å². The number of aromatic nitrogens is 2. The Bertz CT molecular complexity index is 413. The summed E-state index contributed by atoms with van der Waals surface area (Å²) in [6.45, 7) is 2.99. The molecule has 1 unspecified atom stereocenters. The molecule has 0 spiro atoms. The topological polar surface area (TPSA) is 104 Å². The van der Waals surface area contributed by atoms with E-state index in [-0.39, 0.29) is 13.0 Å². The first-order valence-electron chi connectivity index (χ1n) is 6.40. The van der Waals surface area contributed by atoms with Gasteiger partial charge in [-0.2, -0.15) is 4.98 Å². The molecule has 0 saturated carbocycles. The summed E-state index contributed by atoms with van der Waals surface area (Å²) in [5.74, 6) is 0.884. The van der Waals surface area contributed by atoms with Crippen molar-refractivity contribution in [3.63, 3.8) is 0 Å². The molecule has 2 heterocycles. The monoisotopic (exact) mass is 271 g/mol. The standard InChI is InChI=1S/C12H21N3O4/c1-11(16,8-13)7-9-14-10(15-19-9)12(17-2)3-5-18-6-4-12/h16H,3-8,13H2,1-2H3. The molecule has 1 saturated heterocycles. The second-order valence-corrected chi connectivity index (χ2v) is 5.20. The zero-order chi connectivity index (χ0) is 13.9. The maximum atomic E-state index is 9.91. The fraction of sp³-hybridized carbons (Fsp3) is 0.833. The van der Waals surface area contributed by atoms with Gasteiger partial charge in [-0.15, -0.1) is 0 Å². The van der Waals surface area contributed by atoms with Gasteiger partial charge in [0.05, 0.1) is 12.0 Å². The van der Waals surface area contributed by atoms with Crippen molar-refractivity contribution in [3.05, 3.63) is 11.7 Å². The number of aliphatic hydroxyl groups is 1. The number of nitrogens with two attached hydrogens (primary N) is 1. The smallest absolute Gasteiger partial charge is 0.229 e. The fourth-order valence-electron chi connectivity index (χ4n) is 2.13. The van der Waals surface area contributed by atoms with Crippen LogP contribution < -0.4 is 5.73 Å². The lowest BCUT2D eigenvalue weighted by Gasteiger charge is -2.32. The van der Waals surface area contributed by atoms with Gasteiger partial charge in [0, 0.05) is 39.7 Å². The summed E-state index contributed by atoms with van der Waals surface area (Å²) in [6.07, 6.45) is 1.61. The Hall–Kier alpha value is -1.02. The van der Waals surface area contributed by atoms with Crippen LogP contribution in [0.3, 0.4) is 0 Å². The van der Waals surface area contributed by atoms with Gasteiger partial charge in [0.1, 0.15) is 5.60 Å². The Balaban J connectivity index is 2.15. The quantitative estimate of drug-likeness (QED) is 0.775. The van der Waals surface area contributed by atoms with E-state index in [1.54, 1.807) is 14.0 Å². The Morgan fingerprint density at radius 2 is 2.16 bits per heavy atom. The van der Waals surface area contributed by atoms with Gasteiger partial charge in [0.25, 0.3) is 0 Å². The van der Waals surface area contributed by atoms with Gasteiger partial charge in [0.15, 0.2) is 0 Å². The van der Waals surface area contributed by atoms with Crippen molar-refractivity contribution < 1.29 is 19.1 Å². The molecule has 1 aromatic rings. The highest BCUT2D eigenvalue weighted by molar-refractivity contribution is 5.04. The number of hydrogen-bond donors (Lipinski definition) is 2. The van der Waals surface area contributed by atoms with E-state index in [0.29, 0.717) is 37.8 Å². The molecule has 1 aliphatic rings. The summed E-state index contributed by atoms with van der Waals surface area (Å²) in [6, 6.07) is 0. The molecule has 0 bridgehead atoms. The molecule has 0 radical (unpaired) electrons. The van der Waals surface area contributed by atoms with Crippen LogP contribution >= 0.6 is 0 Å². The van der Waals surface area contributed by atoms with Crippen LogP contribution in [-0.4, -0.2) is 47.7 Å². The molecule has 1 fully saturated rings. The summed E-state index contributed by atoms with van der Waals surface area (Å²) in [4.78, 5) is 4.34. The zero-order valence-corrected chi connectivity index (χ0v) is 11.4. The molecular weight excluding hydrogens is 250 g/mol. The SMILES string of the molecule is COC1(c2noc(CC(C)(O)CN)n2)CCOCC1. The summed E-state index contributed by atoms with van der Waals surface area (Å²) >= 11 is 0. The van der Waals surface area contributed by atoms with E-state index in [9.17, 15) is 5.11 Å². The third-order valence-corrected chi connectivity index (χ3v) is 3.54. The highest BCUT2D eigenvalue weighted by Crippen LogP contribution is 2.33. The number of rotatable bonds is 5. The van der Waals surface area contributed by atoms with Gasteiger partial charge in [-0.05, 0) is 6.92 Å². The van der Waals surface area contributed by atoms with Crippen LogP contribution in [0.25, 0.3) is 0 Å². The van der Waals surface area contributed by atoms with E-state index in [1.807, 2.05) is 0 Å². The van der Waals surface area contributed by atoms with Crippen LogP contribution in [0.1, 0.15) is 31.5 Å². The molecule has 19 heavy (non-hydrogen) atoms. The van der Waals surface area contributed by atoms with Gasteiger partial charge in [-0.1, -0.05) is 5.16 Å². The lowest BCUT2D eigenvalue weighted by molar-refractivity contribution is -0.101. The van der Waals surface area contributed by atoms with Crippen molar-refractivity contribution in [2.45, 2.75) is 37.4 Å². The Morgan fingerprint density at radius 3 is 2.74 bits per heavy atom. The maximum Gasteiger partial charge on any atom is 0.229 e. The van der Waals surface area contributed by atoms with Crippen LogP contribution in [0.15, 0.2) is 4.52 Å². The molecule has 2 rings (SSSR count). The summed E-state index contributed by atoms with van der Waals surface area (Å²) in [5.41, 5.74) is 3.89. The predicted octanol–water partition coefficient (Wildman–Crippen LogP) is -0.0261. The number of methoxy groups -OCH3 is 1. The Labute approximate surface area is 112 Å². The average Bonchev–Trinajstić information content (AvgIpc) is 2.88. The van der Waals surface area contributed by atoms with Gasteiger partial charge in [0.2, 0.25) is 11.7 Å².